The second-order valence-electron chi connectivity index (χ2n) is 22.5. The minimum absolute atomic E-state index is 0.0842. The maximum atomic E-state index is 12.5. The average Bonchev–Trinajstić information content (AvgIpc) is 3.44. The Morgan fingerprint density at radius 3 is 0.846 bits per heavy atom. The molecule has 0 bridgehead atoms. The molecule has 3 N–H and O–H groups in total. The fraction of sp³-hybridized carbons (Fsp3) is 0.716. The van der Waals surface area contributed by atoms with E-state index < -0.39 is 12.1 Å². The summed E-state index contributed by atoms with van der Waals surface area (Å²) >= 11 is 0. The predicted molar refractivity (Wildman–Crippen MR) is 349 cm³/mol. The second kappa shape index (κ2) is 68.1. The van der Waals surface area contributed by atoms with Crippen molar-refractivity contribution in [1.29, 1.82) is 0 Å². The Morgan fingerprint density at radius 2 is 0.564 bits per heavy atom. The Hall–Kier alpha value is -3.21. The minimum atomic E-state index is -0.859. The number of aliphatic hydroxyl groups is 2. The average molecular weight is 1080 g/mol. The number of unbranched alkanes of at least 4 members (excludes halogenated alkanes) is 36. The molecule has 448 valence electrons. The van der Waals surface area contributed by atoms with Crippen LogP contribution >= 0.6 is 0 Å². The highest BCUT2D eigenvalue weighted by Gasteiger charge is 2.18. The number of carbonyl (C=O) groups excluding carboxylic acids is 1. The zero-order chi connectivity index (χ0) is 56.2. The summed E-state index contributed by atoms with van der Waals surface area (Å²) in [7, 11) is 0. The lowest BCUT2D eigenvalue weighted by atomic mass is 10.0. The van der Waals surface area contributed by atoms with E-state index in [1.807, 2.05) is 6.08 Å². The van der Waals surface area contributed by atoms with Crippen LogP contribution in [-0.2, 0) is 4.79 Å². The van der Waals surface area contributed by atoms with Crippen LogP contribution in [0.1, 0.15) is 322 Å². The van der Waals surface area contributed by atoms with Gasteiger partial charge in [0, 0.05) is 6.42 Å². The lowest BCUT2D eigenvalue weighted by Gasteiger charge is -2.20. The molecular formula is C74H129NO3. The van der Waals surface area contributed by atoms with Crippen molar-refractivity contribution in [3.05, 3.63) is 122 Å². The largest absolute Gasteiger partial charge is 0.394 e. The summed E-state index contributed by atoms with van der Waals surface area (Å²) in [6.45, 7) is 4.21. The molecule has 0 aromatic carbocycles. The van der Waals surface area contributed by atoms with Crippen LogP contribution < -0.4 is 5.32 Å². The first-order valence-electron chi connectivity index (χ1n) is 33.7. The molecule has 0 saturated heterocycles. The van der Waals surface area contributed by atoms with E-state index in [1.165, 1.54) is 205 Å². The third kappa shape index (κ3) is 63.6. The van der Waals surface area contributed by atoms with Crippen LogP contribution in [0.25, 0.3) is 0 Å². The van der Waals surface area contributed by atoms with Gasteiger partial charge in [0.05, 0.1) is 18.8 Å². The minimum Gasteiger partial charge on any atom is -0.394 e. The van der Waals surface area contributed by atoms with E-state index in [-0.39, 0.29) is 12.5 Å². The van der Waals surface area contributed by atoms with Crippen LogP contribution in [0.3, 0.4) is 0 Å². The molecule has 2 unspecified atom stereocenters. The standard InChI is InChI=1S/C74H129NO3/c1-3-5-7-9-11-13-15-17-19-21-23-25-27-29-31-33-35-37-39-41-43-45-47-49-51-53-55-57-59-61-63-65-67-69-73(77)72(71-76)75-74(78)70-68-66-64-62-60-58-56-54-52-50-48-46-44-42-40-38-36-34-32-30-28-26-24-22-20-18-16-14-12-10-8-6-4-2/h6,8,12,14,18,20,24,26,30,32,36,38,42,44,48,50,54,56,67,69,72-73,76-77H,3-5,7,9-11,13,15-17,19,21-23,25,27-29,31,33-35,37,39-41,43,45-47,49,51-53,55,57-66,68,70-71H2,1-2H3,(H,75,78)/b8-6-,14-12-,20-18-,26-24-,32-30-,38-36-,44-42-,50-48-,56-54-,69-67+. The highest BCUT2D eigenvalue weighted by Crippen LogP contribution is 2.18. The molecule has 0 aliphatic carbocycles. The Bertz CT molecular complexity index is 1510. The SMILES string of the molecule is CC/C=C\C/C=C\C/C=C\C/C=C\C/C=C\C/C=C\C/C=C\C/C=C\C/C=C\CCCCCCCC(=O)NC(CO)C(O)/C=C/CCCCCCCCCCCCCCCCCCCCCCCCCCCCCCCCC. The fourth-order valence-electron chi connectivity index (χ4n) is 9.88. The first kappa shape index (κ1) is 74.8. The molecule has 0 aromatic heterocycles. The third-order valence-electron chi connectivity index (χ3n) is 15.0. The van der Waals surface area contributed by atoms with Crippen LogP contribution in [0.4, 0.5) is 0 Å². The van der Waals surface area contributed by atoms with Crippen molar-refractivity contribution in [2.24, 2.45) is 0 Å². The van der Waals surface area contributed by atoms with E-state index in [0.29, 0.717) is 6.42 Å². The summed E-state index contributed by atoms with van der Waals surface area (Å²) in [5.74, 6) is -0.0842. The smallest absolute Gasteiger partial charge is 0.220 e. The molecule has 2 atom stereocenters. The second-order valence-corrected chi connectivity index (χ2v) is 22.5. The normalized spacial score (nSPS) is 13.5. The molecule has 0 saturated carbocycles. The molecule has 4 heteroatoms. The molecule has 0 aliphatic rings. The van der Waals surface area contributed by atoms with Gasteiger partial charge in [0.25, 0.3) is 0 Å². The van der Waals surface area contributed by atoms with E-state index in [9.17, 15) is 15.0 Å². The van der Waals surface area contributed by atoms with Crippen LogP contribution in [0.2, 0.25) is 0 Å². The third-order valence-corrected chi connectivity index (χ3v) is 15.0. The quantitative estimate of drug-likeness (QED) is 0.0420. The van der Waals surface area contributed by atoms with Gasteiger partial charge >= 0.3 is 0 Å². The molecule has 0 spiro atoms. The van der Waals surface area contributed by atoms with Crippen molar-refractivity contribution in [3.8, 4) is 0 Å². The van der Waals surface area contributed by atoms with Gasteiger partial charge < -0.3 is 15.5 Å². The number of allylic oxidation sites excluding steroid dienone is 19. The topological polar surface area (TPSA) is 69.6 Å². The summed E-state index contributed by atoms with van der Waals surface area (Å²) < 4.78 is 0. The van der Waals surface area contributed by atoms with Gasteiger partial charge in [0.2, 0.25) is 5.91 Å². The van der Waals surface area contributed by atoms with Crippen LogP contribution in [0.15, 0.2) is 122 Å². The number of aliphatic hydroxyl groups excluding tert-OH is 2. The Labute approximate surface area is 486 Å². The highest BCUT2D eigenvalue weighted by molar-refractivity contribution is 5.76. The van der Waals surface area contributed by atoms with Crippen molar-refractivity contribution in [3.63, 3.8) is 0 Å². The maximum Gasteiger partial charge on any atom is 0.220 e. The van der Waals surface area contributed by atoms with E-state index in [0.717, 1.165) is 96.3 Å². The molecule has 4 nitrogen and oxygen atoms in total. The predicted octanol–water partition coefficient (Wildman–Crippen LogP) is 23.2. The zero-order valence-corrected chi connectivity index (χ0v) is 51.7. The number of amides is 1. The Balaban J connectivity index is 3.57. The van der Waals surface area contributed by atoms with Crippen molar-refractivity contribution >= 4 is 5.91 Å². The van der Waals surface area contributed by atoms with Crippen molar-refractivity contribution < 1.29 is 15.0 Å². The lowest BCUT2D eigenvalue weighted by Crippen LogP contribution is -2.45. The molecule has 0 rings (SSSR count). The van der Waals surface area contributed by atoms with Gasteiger partial charge in [0.1, 0.15) is 0 Å². The van der Waals surface area contributed by atoms with Crippen LogP contribution in [-0.4, -0.2) is 34.9 Å². The molecule has 1 amide bonds. The van der Waals surface area contributed by atoms with E-state index >= 15 is 0 Å². The van der Waals surface area contributed by atoms with Gasteiger partial charge in [0.15, 0.2) is 0 Å². The van der Waals surface area contributed by atoms with Gasteiger partial charge in [-0.05, 0) is 89.9 Å². The molecule has 0 fully saturated rings. The van der Waals surface area contributed by atoms with Crippen molar-refractivity contribution in [1.82, 2.24) is 5.32 Å². The first-order chi connectivity index (χ1) is 38.7. The van der Waals surface area contributed by atoms with Gasteiger partial charge in [-0.1, -0.05) is 347 Å². The number of rotatable bonds is 61. The Morgan fingerprint density at radius 1 is 0.321 bits per heavy atom. The molecule has 0 aromatic rings. The number of hydrogen-bond donors (Lipinski definition) is 3. The summed E-state index contributed by atoms with van der Waals surface area (Å²) in [6.07, 6.45) is 104. The number of nitrogens with one attached hydrogen (secondary N) is 1. The summed E-state index contributed by atoms with van der Waals surface area (Å²) in [6, 6.07) is -0.644. The van der Waals surface area contributed by atoms with Gasteiger partial charge in [-0.25, -0.2) is 0 Å². The fourth-order valence-corrected chi connectivity index (χ4v) is 9.88. The highest BCUT2D eigenvalue weighted by atomic mass is 16.3. The van der Waals surface area contributed by atoms with E-state index in [2.05, 4.69) is 129 Å². The van der Waals surface area contributed by atoms with Crippen LogP contribution in [0.5, 0.6) is 0 Å². The maximum absolute atomic E-state index is 12.5. The van der Waals surface area contributed by atoms with E-state index in [4.69, 9.17) is 0 Å². The summed E-state index contributed by atoms with van der Waals surface area (Å²) in [5.41, 5.74) is 0. The van der Waals surface area contributed by atoms with Crippen molar-refractivity contribution in [2.45, 2.75) is 334 Å². The number of hydrogen-bond acceptors (Lipinski definition) is 3. The zero-order valence-electron chi connectivity index (χ0n) is 51.7. The van der Waals surface area contributed by atoms with E-state index in [1.54, 1.807) is 6.08 Å². The monoisotopic (exact) mass is 1080 g/mol. The van der Waals surface area contributed by atoms with Gasteiger partial charge in [-0.2, -0.15) is 0 Å². The summed E-state index contributed by atoms with van der Waals surface area (Å²) in [5, 5.41) is 23.3. The number of carbonyl (C=O) groups is 1. The molecule has 0 radical (unpaired) electrons. The molecule has 78 heavy (non-hydrogen) atoms. The molecular weight excluding hydrogens is 951 g/mol. The first-order valence-corrected chi connectivity index (χ1v) is 33.7. The Kier molecular flexibility index (Phi) is 65.3. The summed E-state index contributed by atoms with van der Waals surface area (Å²) in [4.78, 5) is 12.5. The lowest BCUT2D eigenvalue weighted by molar-refractivity contribution is -0.123. The van der Waals surface area contributed by atoms with Crippen molar-refractivity contribution in [2.75, 3.05) is 6.61 Å². The van der Waals surface area contributed by atoms with Gasteiger partial charge in [-0.3, -0.25) is 4.79 Å². The molecule has 0 heterocycles. The van der Waals surface area contributed by atoms with Crippen LogP contribution in [0, 0.1) is 0 Å². The van der Waals surface area contributed by atoms with Gasteiger partial charge in [-0.15, -0.1) is 0 Å². The molecule has 0 aliphatic heterocycles.